The molecule has 0 aliphatic heterocycles. The van der Waals surface area contributed by atoms with E-state index in [2.05, 4.69) is 18.0 Å². The first-order valence-corrected chi connectivity index (χ1v) is 13.0. The van der Waals surface area contributed by atoms with Crippen molar-refractivity contribution in [2.45, 2.75) is 32.7 Å². The van der Waals surface area contributed by atoms with E-state index >= 15 is 0 Å². The first-order chi connectivity index (χ1) is 18.5. The molecule has 0 aliphatic carbocycles. The fourth-order valence-electron chi connectivity index (χ4n) is 4.48. The minimum atomic E-state index is -0.318. The Morgan fingerprint density at radius 1 is 0.921 bits per heavy atom. The predicted molar refractivity (Wildman–Crippen MR) is 148 cm³/mol. The number of aromatic nitrogens is 1. The maximum Gasteiger partial charge on any atom is 0.254 e. The molecule has 198 valence electrons. The summed E-state index contributed by atoms with van der Waals surface area (Å²) in [6.07, 6.45) is 4.33. The molecule has 4 aromatic rings. The molecule has 1 heterocycles. The molecule has 0 aliphatic rings. The standard InChI is InChI=1S/C31H34FN3O3/c1-3-4-18-35(31(37)24-11-15-27(38-2)16-12-24)22-30(36)34(21-23-9-13-26(32)14-10-23)19-17-25-20-33-29-8-6-5-7-28(25)29/h5-16,20,33H,3-4,17-19,21-22H2,1-2H3. The van der Waals surface area contributed by atoms with Crippen molar-refractivity contribution < 1.29 is 18.7 Å². The summed E-state index contributed by atoms with van der Waals surface area (Å²) in [5, 5.41) is 1.13. The first-order valence-electron chi connectivity index (χ1n) is 13.0. The second kappa shape index (κ2) is 12.9. The highest BCUT2D eigenvalue weighted by Gasteiger charge is 2.23. The Bertz CT molecular complexity index is 1350. The molecule has 6 nitrogen and oxygen atoms in total. The molecule has 0 atom stereocenters. The van der Waals surface area contributed by atoms with Crippen LogP contribution in [0.25, 0.3) is 10.9 Å². The van der Waals surface area contributed by atoms with E-state index in [0.29, 0.717) is 37.4 Å². The van der Waals surface area contributed by atoms with Crippen LogP contribution < -0.4 is 4.74 Å². The number of halogens is 1. The lowest BCUT2D eigenvalue weighted by Crippen LogP contribution is -2.43. The van der Waals surface area contributed by atoms with Crippen LogP contribution in [0.1, 0.15) is 41.3 Å². The predicted octanol–water partition coefficient (Wildman–Crippen LogP) is 5.83. The average Bonchev–Trinajstić information content (AvgIpc) is 3.37. The molecular formula is C31H34FN3O3. The molecule has 1 N–H and O–H groups in total. The summed E-state index contributed by atoms with van der Waals surface area (Å²) in [5.41, 5.74) is 3.52. The summed E-state index contributed by atoms with van der Waals surface area (Å²) in [7, 11) is 1.58. The highest BCUT2D eigenvalue weighted by molar-refractivity contribution is 5.96. The summed E-state index contributed by atoms with van der Waals surface area (Å²) in [6.45, 7) is 3.32. The van der Waals surface area contributed by atoms with Crippen LogP contribution in [-0.2, 0) is 17.8 Å². The van der Waals surface area contributed by atoms with Gasteiger partial charge in [-0.15, -0.1) is 0 Å². The quantitative estimate of drug-likeness (QED) is 0.258. The lowest BCUT2D eigenvalue weighted by Gasteiger charge is -2.28. The highest BCUT2D eigenvalue weighted by Crippen LogP contribution is 2.19. The van der Waals surface area contributed by atoms with Gasteiger partial charge < -0.3 is 19.5 Å². The molecule has 0 radical (unpaired) electrons. The molecule has 0 saturated heterocycles. The van der Waals surface area contributed by atoms with Gasteiger partial charge in [0.25, 0.3) is 5.91 Å². The molecule has 4 rings (SSSR count). The van der Waals surface area contributed by atoms with Gasteiger partial charge in [0.05, 0.1) is 7.11 Å². The second-order valence-electron chi connectivity index (χ2n) is 9.36. The van der Waals surface area contributed by atoms with Crippen molar-refractivity contribution in [1.29, 1.82) is 0 Å². The lowest BCUT2D eigenvalue weighted by atomic mass is 10.1. The van der Waals surface area contributed by atoms with Gasteiger partial charge in [-0.1, -0.05) is 43.7 Å². The third kappa shape index (κ3) is 6.79. The van der Waals surface area contributed by atoms with Crippen molar-refractivity contribution in [2.75, 3.05) is 26.7 Å². The number of aromatic amines is 1. The van der Waals surface area contributed by atoms with Crippen molar-refractivity contribution >= 4 is 22.7 Å². The number of methoxy groups -OCH3 is 1. The highest BCUT2D eigenvalue weighted by atomic mass is 19.1. The Kier molecular flexibility index (Phi) is 9.14. The van der Waals surface area contributed by atoms with Gasteiger partial charge in [-0.3, -0.25) is 9.59 Å². The van der Waals surface area contributed by atoms with E-state index in [4.69, 9.17) is 4.74 Å². The summed E-state index contributed by atoms with van der Waals surface area (Å²) in [6, 6.07) is 21.2. The van der Waals surface area contributed by atoms with E-state index in [9.17, 15) is 14.0 Å². The Balaban J connectivity index is 1.53. The molecule has 0 bridgehead atoms. The van der Waals surface area contributed by atoms with Crippen LogP contribution in [-0.4, -0.2) is 53.3 Å². The number of amides is 2. The molecule has 0 spiro atoms. The van der Waals surface area contributed by atoms with E-state index in [1.165, 1.54) is 12.1 Å². The van der Waals surface area contributed by atoms with Gasteiger partial charge in [-0.05, 0) is 66.4 Å². The normalized spacial score (nSPS) is 10.9. The fraction of sp³-hybridized carbons (Fsp3) is 0.290. The van der Waals surface area contributed by atoms with E-state index in [1.54, 1.807) is 53.3 Å². The third-order valence-corrected chi connectivity index (χ3v) is 6.70. The topological polar surface area (TPSA) is 65.6 Å². The number of hydrogen-bond acceptors (Lipinski definition) is 3. The molecule has 38 heavy (non-hydrogen) atoms. The zero-order valence-corrected chi connectivity index (χ0v) is 22.0. The number of para-hydroxylation sites is 1. The van der Waals surface area contributed by atoms with Crippen molar-refractivity contribution in [3.8, 4) is 5.75 Å². The smallest absolute Gasteiger partial charge is 0.254 e. The van der Waals surface area contributed by atoms with Crippen molar-refractivity contribution in [2.24, 2.45) is 0 Å². The molecule has 3 aromatic carbocycles. The second-order valence-corrected chi connectivity index (χ2v) is 9.36. The Labute approximate surface area is 223 Å². The number of nitrogens with zero attached hydrogens (tertiary/aromatic N) is 2. The van der Waals surface area contributed by atoms with E-state index in [1.807, 2.05) is 24.4 Å². The summed E-state index contributed by atoms with van der Waals surface area (Å²) in [4.78, 5) is 33.7. The number of benzene rings is 3. The van der Waals surface area contributed by atoms with Gasteiger partial charge in [0.2, 0.25) is 5.91 Å². The maximum absolute atomic E-state index is 13.7. The zero-order chi connectivity index (χ0) is 26.9. The Morgan fingerprint density at radius 3 is 2.37 bits per heavy atom. The van der Waals surface area contributed by atoms with Gasteiger partial charge in [0, 0.05) is 42.3 Å². The number of H-pyrrole nitrogens is 1. The van der Waals surface area contributed by atoms with Gasteiger partial charge in [-0.2, -0.15) is 0 Å². The number of ether oxygens (including phenoxy) is 1. The number of fused-ring (bicyclic) bond motifs is 1. The van der Waals surface area contributed by atoms with Crippen molar-refractivity contribution in [3.05, 3.63) is 102 Å². The summed E-state index contributed by atoms with van der Waals surface area (Å²) in [5.74, 6) is 0.0154. The maximum atomic E-state index is 13.7. The van der Waals surface area contributed by atoms with Gasteiger partial charge >= 0.3 is 0 Å². The Morgan fingerprint density at radius 2 is 1.66 bits per heavy atom. The van der Waals surface area contributed by atoms with Crippen LogP contribution in [0.15, 0.2) is 79.0 Å². The zero-order valence-electron chi connectivity index (χ0n) is 22.0. The van der Waals surface area contributed by atoms with E-state index in [-0.39, 0.29) is 24.2 Å². The minimum Gasteiger partial charge on any atom is -0.497 e. The SMILES string of the molecule is CCCCN(CC(=O)N(CCc1c[nH]c2ccccc12)Cc1ccc(F)cc1)C(=O)c1ccc(OC)cc1. The number of nitrogens with one attached hydrogen (secondary N) is 1. The molecule has 0 fully saturated rings. The number of hydrogen-bond donors (Lipinski definition) is 1. The Hall–Kier alpha value is -4.13. The average molecular weight is 516 g/mol. The molecule has 2 amide bonds. The number of carbonyl (C=O) groups excluding carboxylic acids is 2. The van der Waals surface area contributed by atoms with Crippen LogP contribution in [0.5, 0.6) is 5.75 Å². The number of rotatable bonds is 12. The van der Waals surface area contributed by atoms with Crippen LogP contribution in [0, 0.1) is 5.82 Å². The summed E-state index contributed by atoms with van der Waals surface area (Å²) >= 11 is 0. The molecule has 0 unspecified atom stereocenters. The fourth-order valence-corrected chi connectivity index (χ4v) is 4.48. The monoisotopic (exact) mass is 515 g/mol. The minimum absolute atomic E-state index is 0.0278. The third-order valence-electron chi connectivity index (χ3n) is 6.70. The van der Waals surface area contributed by atoms with Gasteiger partial charge in [0.1, 0.15) is 18.1 Å². The molecule has 7 heteroatoms. The van der Waals surface area contributed by atoms with Crippen LogP contribution in [0.4, 0.5) is 4.39 Å². The molecule has 1 aromatic heterocycles. The van der Waals surface area contributed by atoms with Crippen molar-refractivity contribution in [1.82, 2.24) is 14.8 Å². The van der Waals surface area contributed by atoms with Crippen molar-refractivity contribution in [3.63, 3.8) is 0 Å². The van der Waals surface area contributed by atoms with Crippen LogP contribution >= 0.6 is 0 Å². The number of carbonyl (C=O) groups is 2. The molecular weight excluding hydrogens is 481 g/mol. The largest absolute Gasteiger partial charge is 0.497 e. The van der Waals surface area contributed by atoms with Crippen LogP contribution in [0.2, 0.25) is 0 Å². The van der Waals surface area contributed by atoms with Gasteiger partial charge in [-0.25, -0.2) is 4.39 Å². The van der Waals surface area contributed by atoms with E-state index in [0.717, 1.165) is 34.9 Å². The lowest BCUT2D eigenvalue weighted by molar-refractivity contribution is -0.132. The summed E-state index contributed by atoms with van der Waals surface area (Å²) < 4.78 is 18.7. The van der Waals surface area contributed by atoms with Gasteiger partial charge in [0.15, 0.2) is 0 Å². The number of unbranched alkanes of at least 4 members (excludes halogenated alkanes) is 1. The molecule has 0 saturated carbocycles. The van der Waals surface area contributed by atoms with E-state index < -0.39 is 0 Å². The first kappa shape index (κ1) is 26.9. The van der Waals surface area contributed by atoms with Crippen LogP contribution in [0.3, 0.4) is 0 Å².